The second-order valence-electron chi connectivity index (χ2n) is 6.88. The van der Waals surface area contributed by atoms with Gasteiger partial charge >= 0.3 is 0 Å². The summed E-state index contributed by atoms with van der Waals surface area (Å²) in [7, 11) is 3.10. The Balaban J connectivity index is 1.59. The first-order chi connectivity index (χ1) is 14.0. The van der Waals surface area contributed by atoms with Crippen molar-refractivity contribution < 1.29 is 19.1 Å². The van der Waals surface area contributed by atoms with Gasteiger partial charge in [0.25, 0.3) is 5.91 Å². The Morgan fingerprint density at radius 2 is 1.55 bits per heavy atom. The second kappa shape index (κ2) is 9.28. The SMILES string of the molecule is COc1ccc(C(=O)N2CCN(C(=O)/C=C/c3ccccc3C)CC2)cc1OC. The van der Waals surface area contributed by atoms with Gasteiger partial charge in [0.1, 0.15) is 0 Å². The molecule has 0 atom stereocenters. The molecule has 0 bridgehead atoms. The predicted octanol–water partition coefficient (Wildman–Crippen LogP) is 3.01. The Morgan fingerprint density at radius 1 is 0.897 bits per heavy atom. The van der Waals surface area contributed by atoms with Crippen molar-refractivity contribution in [1.29, 1.82) is 0 Å². The van der Waals surface area contributed by atoms with E-state index in [0.717, 1.165) is 11.1 Å². The number of hydrogen-bond donors (Lipinski definition) is 0. The van der Waals surface area contributed by atoms with Gasteiger partial charge in [-0.15, -0.1) is 0 Å². The molecule has 6 nitrogen and oxygen atoms in total. The number of nitrogens with zero attached hydrogens (tertiary/aromatic N) is 2. The van der Waals surface area contributed by atoms with Crippen molar-refractivity contribution in [3.63, 3.8) is 0 Å². The molecular weight excluding hydrogens is 368 g/mol. The minimum Gasteiger partial charge on any atom is -0.493 e. The van der Waals surface area contributed by atoms with E-state index in [4.69, 9.17) is 9.47 Å². The average molecular weight is 394 g/mol. The summed E-state index contributed by atoms with van der Waals surface area (Å²) in [5, 5.41) is 0. The quantitative estimate of drug-likeness (QED) is 0.732. The van der Waals surface area contributed by atoms with Crippen LogP contribution in [0.3, 0.4) is 0 Å². The summed E-state index contributed by atoms with van der Waals surface area (Å²) in [5.74, 6) is 0.994. The fourth-order valence-corrected chi connectivity index (χ4v) is 3.32. The van der Waals surface area contributed by atoms with E-state index < -0.39 is 0 Å². The van der Waals surface area contributed by atoms with Crippen LogP contribution in [0.15, 0.2) is 48.5 Å². The number of amides is 2. The summed E-state index contributed by atoms with van der Waals surface area (Å²) in [6, 6.07) is 13.1. The van der Waals surface area contributed by atoms with Gasteiger partial charge in [-0.25, -0.2) is 0 Å². The zero-order valence-electron chi connectivity index (χ0n) is 17.1. The average Bonchev–Trinajstić information content (AvgIpc) is 2.77. The summed E-state index contributed by atoms with van der Waals surface area (Å²) in [4.78, 5) is 28.8. The van der Waals surface area contributed by atoms with E-state index >= 15 is 0 Å². The third-order valence-electron chi connectivity index (χ3n) is 5.10. The maximum Gasteiger partial charge on any atom is 0.254 e. The van der Waals surface area contributed by atoms with Crippen LogP contribution in [-0.2, 0) is 4.79 Å². The lowest BCUT2D eigenvalue weighted by molar-refractivity contribution is -0.127. The molecule has 3 rings (SSSR count). The van der Waals surface area contributed by atoms with Crippen LogP contribution in [0.5, 0.6) is 11.5 Å². The molecule has 0 aromatic heterocycles. The number of hydrogen-bond acceptors (Lipinski definition) is 4. The number of carbonyl (C=O) groups is 2. The van der Waals surface area contributed by atoms with Gasteiger partial charge in [0.2, 0.25) is 5.91 Å². The number of ether oxygens (including phenoxy) is 2. The standard InChI is InChI=1S/C23H26N2O4/c1-17-6-4-5-7-18(17)9-11-22(26)24-12-14-25(15-13-24)23(27)19-8-10-20(28-2)21(16-19)29-3/h4-11,16H,12-15H2,1-3H3/b11-9+. The molecule has 1 aliphatic rings. The molecule has 1 heterocycles. The largest absolute Gasteiger partial charge is 0.493 e. The molecule has 2 amide bonds. The Hall–Kier alpha value is -3.28. The third-order valence-corrected chi connectivity index (χ3v) is 5.10. The van der Waals surface area contributed by atoms with E-state index in [0.29, 0.717) is 43.2 Å². The van der Waals surface area contributed by atoms with E-state index in [2.05, 4.69) is 0 Å². The van der Waals surface area contributed by atoms with Gasteiger partial charge in [0, 0.05) is 37.8 Å². The van der Waals surface area contributed by atoms with Gasteiger partial charge in [0.15, 0.2) is 11.5 Å². The van der Waals surface area contributed by atoms with Crippen LogP contribution in [0.1, 0.15) is 21.5 Å². The fourth-order valence-electron chi connectivity index (χ4n) is 3.32. The van der Waals surface area contributed by atoms with Crippen LogP contribution in [0, 0.1) is 6.92 Å². The van der Waals surface area contributed by atoms with Crippen molar-refractivity contribution in [2.24, 2.45) is 0 Å². The van der Waals surface area contributed by atoms with Crippen molar-refractivity contribution in [3.8, 4) is 11.5 Å². The molecule has 0 spiro atoms. The number of rotatable bonds is 5. The highest BCUT2D eigenvalue weighted by atomic mass is 16.5. The molecule has 0 radical (unpaired) electrons. The topological polar surface area (TPSA) is 59.1 Å². The predicted molar refractivity (Wildman–Crippen MR) is 112 cm³/mol. The second-order valence-corrected chi connectivity index (χ2v) is 6.88. The monoisotopic (exact) mass is 394 g/mol. The van der Waals surface area contributed by atoms with E-state index in [1.807, 2.05) is 37.3 Å². The minimum absolute atomic E-state index is 0.0357. The fraction of sp³-hybridized carbons (Fsp3) is 0.304. The van der Waals surface area contributed by atoms with E-state index in [1.54, 1.807) is 48.3 Å². The molecular formula is C23H26N2O4. The third kappa shape index (κ3) is 4.77. The normalized spacial score (nSPS) is 14.2. The summed E-state index contributed by atoms with van der Waals surface area (Å²) in [5.41, 5.74) is 2.70. The van der Waals surface area contributed by atoms with Crippen LogP contribution in [-0.4, -0.2) is 62.0 Å². The van der Waals surface area contributed by atoms with Crippen LogP contribution in [0.2, 0.25) is 0 Å². The van der Waals surface area contributed by atoms with Crippen molar-refractivity contribution in [2.75, 3.05) is 40.4 Å². The number of methoxy groups -OCH3 is 2. The molecule has 0 saturated carbocycles. The lowest BCUT2D eigenvalue weighted by Crippen LogP contribution is -2.50. The molecule has 2 aromatic rings. The molecule has 2 aromatic carbocycles. The highest BCUT2D eigenvalue weighted by molar-refractivity contribution is 5.95. The van der Waals surface area contributed by atoms with Crippen LogP contribution in [0.25, 0.3) is 6.08 Å². The number of carbonyl (C=O) groups excluding carboxylic acids is 2. The van der Waals surface area contributed by atoms with E-state index in [-0.39, 0.29) is 11.8 Å². The van der Waals surface area contributed by atoms with Crippen molar-refractivity contribution in [2.45, 2.75) is 6.92 Å². The zero-order valence-corrected chi connectivity index (χ0v) is 17.1. The molecule has 152 valence electrons. The number of aryl methyl sites for hydroxylation is 1. The highest BCUT2D eigenvalue weighted by Gasteiger charge is 2.24. The van der Waals surface area contributed by atoms with Crippen molar-refractivity contribution in [1.82, 2.24) is 9.80 Å². The minimum atomic E-state index is -0.0755. The summed E-state index contributed by atoms with van der Waals surface area (Å²) >= 11 is 0. The van der Waals surface area contributed by atoms with Gasteiger partial charge in [0.05, 0.1) is 14.2 Å². The lowest BCUT2D eigenvalue weighted by Gasteiger charge is -2.34. The van der Waals surface area contributed by atoms with Crippen molar-refractivity contribution >= 4 is 17.9 Å². The highest BCUT2D eigenvalue weighted by Crippen LogP contribution is 2.28. The summed E-state index contributed by atoms with van der Waals surface area (Å²) < 4.78 is 10.5. The molecule has 0 aliphatic carbocycles. The van der Waals surface area contributed by atoms with Gasteiger partial charge in [-0.05, 0) is 42.3 Å². The molecule has 1 fully saturated rings. The number of piperazine rings is 1. The van der Waals surface area contributed by atoms with E-state index in [1.165, 1.54) is 0 Å². The maximum absolute atomic E-state index is 12.8. The van der Waals surface area contributed by atoms with Gasteiger partial charge in [-0.3, -0.25) is 9.59 Å². The first-order valence-electron chi connectivity index (χ1n) is 9.57. The molecule has 29 heavy (non-hydrogen) atoms. The lowest BCUT2D eigenvalue weighted by atomic mass is 10.1. The molecule has 0 N–H and O–H groups in total. The van der Waals surface area contributed by atoms with Crippen molar-refractivity contribution in [3.05, 3.63) is 65.2 Å². The van der Waals surface area contributed by atoms with Gasteiger partial charge in [-0.1, -0.05) is 24.3 Å². The molecule has 1 saturated heterocycles. The zero-order chi connectivity index (χ0) is 20.8. The molecule has 0 unspecified atom stereocenters. The Labute approximate surface area is 171 Å². The summed E-state index contributed by atoms with van der Waals surface area (Å²) in [6.45, 7) is 4.03. The Bertz CT molecular complexity index is 915. The summed E-state index contributed by atoms with van der Waals surface area (Å²) in [6.07, 6.45) is 3.45. The van der Waals surface area contributed by atoms with Crippen LogP contribution in [0.4, 0.5) is 0 Å². The maximum atomic E-state index is 12.8. The first kappa shape index (κ1) is 20.5. The Morgan fingerprint density at radius 3 is 2.21 bits per heavy atom. The Kier molecular flexibility index (Phi) is 6.54. The van der Waals surface area contributed by atoms with Gasteiger partial charge in [-0.2, -0.15) is 0 Å². The smallest absolute Gasteiger partial charge is 0.254 e. The first-order valence-corrected chi connectivity index (χ1v) is 9.57. The van der Waals surface area contributed by atoms with Crippen LogP contribution >= 0.6 is 0 Å². The van der Waals surface area contributed by atoms with E-state index in [9.17, 15) is 9.59 Å². The molecule has 1 aliphatic heterocycles. The number of benzene rings is 2. The molecule has 6 heteroatoms. The van der Waals surface area contributed by atoms with Crippen LogP contribution < -0.4 is 9.47 Å². The van der Waals surface area contributed by atoms with Gasteiger partial charge < -0.3 is 19.3 Å².